The number of hydrogen-bond donors (Lipinski definition) is 1. The highest BCUT2D eigenvalue weighted by molar-refractivity contribution is 7.91. The lowest BCUT2D eigenvalue weighted by molar-refractivity contribution is -0.136. The molecule has 1 atom stereocenters. The molecule has 2 aromatic rings. The standard InChI is InChI=1S/C19H20F3N3O3S/c20-19(21,22)14-6-2-3-7-15(14)23-18(26)17-13-5-1-4-8-16(13)25(24-17)12-9-10-29(27,28)11-12/h2-3,6-7,12H,1,4-5,8-11H2,(H,23,26)/t12-/m1/s1. The average molecular weight is 427 g/mol. The Balaban J connectivity index is 1.68. The fourth-order valence-corrected chi connectivity index (χ4v) is 5.79. The number of aromatic nitrogens is 2. The first-order chi connectivity index (χ1) is 13.7. The summed E-state index contributed by atoms with van der Waals surface area (Å²) < 4.78 is 65.0. The predicted molar refractivity (Wildman–Crippen MR) is 101 cm³/mol. The summed E-state index contributed by atoms with van der Waals surface area (Å²) >= 11 is 0. The van der Waals surface area contributed by atoms with E-state index in [-0.39, 0.29) is 28.9 Å². The van der Waals surface area contributed by atoms with E-state index in [0.717, 1.165) is 24.6 Å². The van der Waals surface area contributed by atoms with Gasteiger partial charge in [0.05, 0.1) is 28.8 Å². The van der Waals surface area contributed by atoms with Gasteiger partial charge in [-0.3, -0.25) is 9.48 Å². The highest BCUT2D eigenvalue weighted by atomic mass is 32.2. The molecule has 6 nitrogen and oxygen atoms in total. The second kappa shape index (κ2) is 7.16. The molecule has 2 heterocycles. The minimum Gasteiger partial charge on any atom is -0.320 e. The Morgan fingerprint density at radius 2 is 1.90 bits per heavy atom. The Labute approximate surface area is 166 Å². The van der Waals surface area contributed by atoms with Crippen LogP contribution in [0.2, 0.25) is 0 Å². The van der Waals surface area contributed by atoms with Gasteiger partial charge >= 0.3 is 6.18 Å². The number of sulfone groups is 1. The second-order valence-corrected chi connectivity index (χ2v) is 9.71. The Hall–Kier alpha value is -2.36. The maximum absolute atomic E-state index is 13.2. The van der Waals surface area contributed by atoms with Crippen LogP contribution < -0.4 is 5.32 Å². The summed E-state index contributed by atoms with van der Waals surface area (Å²) in [4.78, 5) is 12.8. The summed E-state index contributed by atoms with van der Waals surface area (Å²) in [7, 11) is -3.14. The summed E-state index contributed by atoms with van der Waals surface area (Å²) in [5.41, 5.74) is 0.368. The normalized spacial score (nSPS) is 21.0. The summed E-state index contributed by atoms with van der Waals surface area (Å²) in [6.07, 6.45) is -1.16. The average Bonchev–Trinajstić information content (AvgIpc) is 3.21. The van der Waals surface area contributed by atoms with E-state index in [9.17, 15) is 26.4 Å². The molecule has 2 aliphatic rings. The molecule has 0 spiro atoms. The van der Waals surface area contributed by atoms with Crippen molar-refractivity contribution in [2.75, 3.05) is 16.8 Å². The molecule has 1 aromatic carbocycles. The quantitative estimate of drug-likeness (QED) is 0.814. The van der Waals surface area contributed by atoms with Crippen molar-refractivity contribution in [3.63, 3.8) is 0 Å². The zero-order valence-electron chi connectivity index (χ0n) is 15.5. The Morgan fingerprint density at radius 1 is 1.17 bits per heavy atom. The number of alkyl halides is 3. The number of benzene rings is 1. The third kappa shape index (κ3) is 3.90. The first-order valence-corrected chi connectivity index (χ1v) is 11.3. The van der Waals surface area contributed by atoms with Crippen LogP contribution in [0.15, 0.2) is 24.3 Å². The van der Waals surface area contributed by atoms with Crippen LogP contribution in [0, 0.1) is 0 Å². The number of rotatable bonds is 3. The lowest BCUT2D eigenvalue weighted by atomic mass is 9.95. The van der Waals surface area contributed by atoms with Crippen molar-refractivity contribution in [3.05, 3.63) is 46.8 Å². The topological polar surface area (TPSA) is 81.1 Å². The molecule has 1 N–H and O–H groups in total. The minimum atomic E-state index is -4.60. The molecule has 29 heavy (non-hydrogen) atoms. The van der Waals surface area contributed by atoms with Crippen molar-refractivity contribution >= 4 is 21.4 Å². The highest BCUT2D eigenvalue weighted by Crippen LogP contribution is 2.35. The van der Waals surface area contributed by atoms with Gasteiger partial charge < -0.3 is 5.32 Å². The number of amides is 1. The van der Waals surface area contributed by atoms with E-state index in [1.807, 2.05) is 0 Å². The van der Waals surface area contributed by atoms with Crippen molar-refractivity contribution in [2.45, 2.75) is 44.3 Å². The van der Waals surface area contributed by atoms with Gasteiger partial charge in [0.15, 0.2) is 15.5 Å². The molecule has 0 saturated carbocycles. The van der Waals surface area contributed by atoms with Crippen molar-refractivity contribution in [2.24, 2.45) is 0 Å². The predicted octanol–water partition coefficient (Wildman–Crippen LogP) is 3.39. The lowest BCUT2D eigenvalue weighted by Crippen LogP contribution is -2.19. The Morgan fingerprint density at radius 3 is 2.59 bits per heavy atom. The Kier molecular flexibility index (Phi) is 4.92. The first-order valence-electron chi connectivity index (χ1n) is 9.44. The molecule has 156 valence electrons. The number of nitrogens with zero attached hydrogens (tertiary/aromatic N) is 2. The number of carbonyl (C=O) groups excluding carboxylic acids is 1. The molecule has 1 aliphatic carbocycles. The van der Waals surface area contributed by atoms with Gasteiger partial charge in [-0.25, -0.2) is 8.42 Å². The summed E-state index contributed by atoms with van der Waals surface area (Å²) in [5.74, 6) is -0.661. The van der Waals surface area contributed by atoms with Crippen LogP contribution in [0.3, 0.4) is 0 Å². The monoisotopic (exact) mass is 427 g/mol. The number of para-hydroxylation sites is 1. The van der Waals surface area contributed by atoms with Crippen LogP contribution in [0.4, 0.5) is 18.9 Å². The molecule has 0 unspecified atom stereocenters. The summed E-state index contributed by atoms with van der Waals surface area (Å²) in [5, 5.41) is 6.74. The van der Waals surface area contributed by atoms with Crippen LogP contribution in [0.25, 0.3) is 0 Å². The van der Waals surface area contributed by atoms with Crippen molar-refractivity contribution in [1.82, 2.24) is 9.78 Å². The first kappa shape index (κ1) is 19.9. The lowest BCUT2D eigenvalue weighted by Gasteiger charge is -2.17. The van der Waals surface area contributed by atoms with Gasteiger partial charge in [-0.1, -0.05) is 12.1 Å². The number of fused-ring (bicyclic) bond motifs is 1. The molecular formula is C19H20F3N3O3S. The molecule has 1 saturated heterocycles. The molecule has 10 heteroatoms. The smallest absolute Gasteiger partial charge is 0.320 e. The minimum absolute atomic E-state index is 0.0287. The Bertz CT molecular complexity index is 1060. The third-order valence-electron chi connectivity index (χ3n) is 5.46. The van der Waals surface area contributed by atoms with Crippen LogP contribution in [-0.4, -0.2) is 35.6 Å². The summed E-state index contributed by atoms with van der Waals surface area (Å²) in [6, 6.07) is 4.45. The molecular weight excluding hydrogens is 407 g/mol. The number of nitrogens with one attached hydrogen (secondary N) is 1. The molecule has 4 rings (SSSR count). The molecule has 0 bridgehead atoms. The third-order valence-corrected chi connectivity index (χ3v) is 7.21. The fourth-order valence-electron chi connectivity index (χ4n) is 4.10. The van der Waals surface area contributed by atoms with E-state index in [1.54, 1.807) is 4.68 Å². The van der Waals surface area contributed by atoms with Gasteiger partial charge in [0.1, 0.15) is 0 Å². The number of halogens is 3. The van der Waals surface area contributed by atoms with E-state index in [1.165, 1.54) is 18.2 Å². The van der Waals surface area contributed by atoms with Crippen LogP contribution in [-0.2, 0) is 28.9 Å². The molecule has 1 amide bonds. The van der Waals surface area contributed by atoms with Crippen LogP contribution >= 0.6 is 0 Å². The van der Waals surface area contributed by atoms with Crippen molar-refractivity contribution < 1.29 is 26.4 Å². The number of hydrogen-bond acceptors (Lipinski definition) is 4. The zero-order valence-corrected chi connectivity index (χ0v) is 16.3. The molecule has 1 aliphatic heterocycles. The van der Waals surface area contributed by atoms with Gasteiger partial charge in [0.25, 0.3) is 5.91 Å². The van der Waals surface area contributed by atoms with E-state index in [2.05, 4.69) is 10.4 Å². The van der Waals surface area contributed by atoms with Gasteiger partial charge in [0.2, 0.25) is 0 Å². The van der Waals surface area contributed by atoms with Gasteiger partial charge in [-0.05, 0) is 44.2 Å². The SMILES string of the molecule is O=C(Nc1ccccc1C(F)(F)F)c1nn([C@@H]2CCS(=O)(=O)C2)c2c1CCCC2. The van der Waals surface area contributed by atoms with E-state index in [0.29, 0.717) is 24.8 Å². The van der Waals surface area contributed by atoms with Gasteiger partial charge in [-0.2, -0.15) is 18.3 Å². The van der Waals surface area contributed by atoms with Crippen LogP contribution in [0.1, 0.15) is 52.6 Å². The molecule has 1 fully saturated rings. The maximum Gasteiger partial charge on any atom is 0.418 e. The van der Waals surface area contributed by atoms with Crippen molar-refractivity contribution in [1.29, 1.82) is 0 Å². The van der Waals surface area contributed by atoms with E-state index < -0.39 is 27.5 Å². The van der Waals surface area contributed by atoms with Crippen LogP contribution in [0.5, 0.6) is 0 Å². The van der Waals surface area contributed by atoms with E-state index in [4.69, 9.17) is 0 Å². The summed E-state index contributed by atoms with van der Waals surface area (Å²) in [6.45, 7) is 0. The molecule has 1 aromatic heterocycles. The van der Waals surface area contributed by atoms with Crippen molar-refractivity contribution in [3.8, 4) is 0 Å². The maximum atomic E-state index is 13.2. The second-order valence-electron chi connectivity index (χ2n) is 7.48. The van der Waals surface area contributed by atoms with E-state index >= 15 is 0 Å². The highest BCUT2D eigenvalue weighted by Gasteiger charge is 2.36. The molecule has 0 radical (unpaired) electrons. The van der Waals surface area contributed by atoms with Gasteiger partial charge in [-0.15, -0.1) is 0 Å². The number of anilines is 1. The zero-order chi connectivity index (χ0) is 20.8. The largest absolute Gasteiger partial charge is 0.418 e. The number of carbonyl (C=O) groups is 1. The van der Waals surface area contributed by atoms with Gasteiger partial charge in [0, 0.05) is 11.3 Å². The fraction of sp³-hybridized carbons (Fsp3) is 0.474.